The second kappa shape index (κ2) is 8.09. The number of amides is 1. The third kappa shape index (κ3) is 4.29. The van der Waals surface area contributed by atoms with E-state index >= 15 is 0 Å². The van der Waals surface area contributed by atoms with Crippen molar-refractivity contribution in [3.63, 3.8) is 0 Å². The lowest BCUT2D eigenvalue weighted by Crippen LogP contribution is -2.20. The van der Waals surface area contributed by atoms with E-state index in [-0.39, 0.29) is 23.2 Å². The topological polar surface area (TPSA) is 94.4 Å². The summed E-state index contributed by atoms with van der Waals surface area (Å²) in [6.07, 6.45) is 0. The molecule has 1 heterocycles. The Labute approximate surface area is 161 Å². The average Bonchev–Trinajstić information content (AvgIpc) is 3.11. The maximum Gasteiger partial charge on any atom is 0.276 e. The summed E-state index contributed by atoms with van der Waals surface area (Å²) in [6.45, 7) is 1.16. The molecule has 0 aliphatic carbocycles. The van der Waals surface area contributed by atoms with Gasteiger partial charge in [0.15, 0.2) is 23.4 Å². The maximum absolute atomic E-state index is 13.3. The summed E-state index contributed by atoms with van der Waals surface area (Å²) in [4.78, 5) is 26.6. The van der Waals surface area contributed by atoms with E-state index in [0.29, 0.717) is 16.8 Å². The average molecular weight is 405 g/mol. The van der Waals surface area contributed by atoms with E-state index < -0.39 is 22.5 Å². The number of nitro benzene ring substituents is 1. The number of thiazole rings is 1. The molecule has 0 aliphatic rings. The van der Waals surface area contributed by atoms with Crippen LogP contribution in [-0.4, -0.2) is 22.4 Å². The third-order valence-corrected chi connectivity index (χ3v) is 4.53. The molecule has 0 saturated carbocycles. The zero-order chi connectivity index (χ0) is 20.3. The van der Waals surface area contributed by atoms with E-state index in [1.54, 1.807) is 5.38 Å². The number of carbonyl (C=O) groups excluding carboxylic acids is 1. The number of halogens is 2. The van der Waals surface area contributed by atoms with Crippen molar-refractivity contribution < 1.29 is 23.2 Å². The van der Waals surface area contributed by atoms with Crippen LogP contribution in [0.3, 0.4) is 0 Å². The molecule has 0 saturated heterocycles. The Kier molecular flexibility index (Phi) is 5.59. The number of nitrogens with zero attached hydrogens (tertiary/aromatic N) is 2. The van der Waals surface area contributed by atoms with E-state index in [0.717, 1.165) is 23.5 Å². The number of rotatable bonds is 6. The lowest BCUT2D eigenvalue weighted by Gasteiger charge is -2.08. The first-order valence-corrected chi connectivity index (χ1v) is 8.80. The van der Waals surface area contributed by atoms with Crippen LogP contribution in [0.2, 0.25) is 0 Å². The zero-order valence-electron chi connectivity index (χ0n) is 14.4. The fraction of sp³-hybridized carbons (Fsp3) is 0.111. The molecule has 0 bridgehead atoms. The summed E-state index contributed by atoms with van der Waals surface area (Å²) in [5.41, 5.74) is 0.970. The van der Waals surface area contributed by atoms with E-state index in [2.05, 4.69) is 10.3 Å². The lowest BCUT2D eigenvalue weighted by molar-refractivity contribution is -0.385. The summed E-state index contributed by atoms with van der Waals surface area (Å²) in [5.74, 6) is -2.24. The minimum Gasteiger partial charge on any atom is -0.483 e. The molecule has 3 aromatic rings. The highest BCUT2D eigenvalue weighted by atomic mass is 32.1. The van der Waals surface area contributed by atoms with Crippen molar-refractivity contribution in [2.24, 2.45) is 0 Å². The molecule has 1 N–H and O–H groups in total. The first-order chi connectivity index (χ1) is 13.3. The van der Waals surface area contributed by atoms with Crippen molar-refractivity contribution in [3.05, 3.63) is 69.1 Å². The number of ether oxygens (including phenoxy) is 1. The molecule has 10 heteroatoms. The Balaban J connectivity index is 1.63. The Morgan fingerprint density at radius 2 is 2.07 bits per heavy atom. The number of hydrogen-bond acceptors (Lipinski definition) is 6. The Morgan fingerprint density at radius 1 is 1.29 bits per heavy atom. The molecule has 1 aromatic heterocycles. The third-order valence-electron chi connectivity index (χ3n) is 3.78. The van der Waals surface area contributed by atoms with Crippen LogP contribution in [-0.2, 0) is 4.79 Å². The molecule has 1 amide bonds. The van der Waals surface area contributed by atoms with Gasteiger partial charge in [0.25, 0.3) is 11.6 Å². The van der Waals surface area contributed by atoms with Gasteiger partial charge in [0.05, 0.1) is 16.2 Å². The maximum atomic E-state index is 13.3. The van der Waals surface area contributed by atoms with Crippen molar-refractivity contribution in [1.82, 2.24) is 4.98 Å². The molecule has 28 heavy (non-hydrogen) atoms. The number of hydrogen-bond donors (Lipinski definition) is 1. The Hall–Kier alpha value is -3.40. The molecule has 0 fully saturated rings. The van der Waals surface area contributed by atoms with Gasteiger partial charge < -0.3 is 4.74 Å². The smallest absolute Gasteiger partial charge is 0.276 e. The van der Waals surface area contributed by atoms with Crippen molar-refractivity contribution >= 4 is 28.1 Å². The molecule has 2 aromatic carbocycles. The second-order valence-electron chi connectivity index (χ2n) is 5.66. The summed E-state index contributed by atoms with van der Waals surface area (Å²) in [5, 5.41) is 15.3. The molecule has 0 unspecified atom stereocenters. The molecule has 144 valence electrons. The highest BCUT2D eigenvalue weighted by molar-refractivity contribution is 7.14. The van der Waals surface area contributed by atoms with Crippen LogP contribution in [0.1, 0.15) is 5.56 Å². The Morgan fingerprint density at radius 3 is 2.79 bits per heavy atom. The molecule has 0 atom stereocenters. The SMILES string of the molecule is Cc1c(OCC(=O)Nc2nc(-c3ccc(F)c(F)c3)cs2)cccc1[N+](=O)[O-]. The van der Waals surface area contributed by atoms with Crippen molar-refractivity contribution in [1.29, 1.82) is 0 Å². The van der Waals surface area contributed by atoms with Crippen LogP contribution in [0.15, 0.2) is 41.8 Å². The van der Waals surface area contributed by atoms with Gasteiger partial charge in [-0.1, -0.05) is 6.07 Å². The van der Waals surface area contributed by atoms with Gasteiger partial charge in [0.1, 0.15) is 5.75 Å². The highest BCUT2D eigenvalue weighted by Crippen LogP contribution is 2.28. The second-order valence-corrected chi connectivity index (χ2v) is 6.52. The van der Waals surface area contributed by atoms with Gasteiger partial charge in [-0.05, 0) is 31.2 Å². The van der Waals surface area contributed by atoms with Gasteiger partial charge in [-0.15, -0.1) is 11.3 Å². The molecular formula is C18H13F2N3O4S. The number of nitro groups is 1. The first-order valence-electron chi connectivity index (χ1n) is 7.92. The largest absolute Gasteiger partial charge is 0.483 e. The standard InChI is InChI=1S/C18H13F2N3O4S/c1-10-15(23(25)26)3-2-4-16(10)27-8-17(24)22-18-21-14(9-28-18)11-5-6-12(19)13(20)7-11/h2-7,9H,8H2,1H3,(H,21,22,24). The van der Waals surface area contributed by atoms with Crippen LogP contribution < -0.4 is 10.1 Å². The van der Waals surface area contributed by atoms with E-state index in [4.69, 9.17) is 4.74 Å². The predicted octanol–water partition coefficient (Wildman–Crippen LogP) is 4.32. The monoisotopic (exact) mass is 405 g/mol. The normalized spacial score (nSPS) is 10.5. The zero-order valence-corrected chi connectivity index (χ0v) is 15.3. The van der Waals surface area contributed by atoms with Crippen LogP contribution >= 0.6 is 11.3 Å². The number of nitrogens with one attached hydrogen (secondary N) is 1. The van der Waals surface area contributed by atoms with Crippen molar-refractivity contribution in [3.8, 4) is 17.0 Å². The van der Waals surface area contributed by atoms with Crippen molar-refractivity contribution in [2.45, 2.75) is 6.92 Å². The first kappa shape index (κ1) is 19.4. The van der Waals surface area contributed by atoms with Gasteiger partial charge in [0.2, 0.25) is 0 Å². The van der Waals surface area contributed by atoms with Gasteiger partial charge in [-0.3, -0.25) is 20.2 Å². The summed E-state index contributed by atoms with van der Waals surface area (Å²) in [6, 6.07) is 7.74. The van der Waals surface area contributed by atoms with E-state index in [1.165, 1.54) is 31.2 Å². The summed E-state index contributed by atoms with van der Waals surface area (Å²) < 4.78 is 31.7. The molecule has 0 spiro atoms. The lowest BCUT2D eigenvalue weighted by atomic mass is 10.2. The predicted molar refractivity (Wildman–Crippen MR) is 99.4 cm³/mol. The van der Waals surface area contributed by atoms with E-state index in [1.807, 2.05) is 0 Å². The van der Waals surface area contributed by atoms with Crippen LogP contribution in [0.4, 0.5) is 19.6 Å². The Bertz CT molecular complexity index is 1060. The minimum absolute atomic E-state index is 0.103. The van der Waals surface area contributed by atoms with E-state index in [9.17, 15) is 23.7 Å². The number of carbonyl (C=O) groups is 1. The number of benzene rings is 2. The molecule has 3 rings (SSSR count). The van der Waals surface area contributed by atoms with Gasteiger partial charge >= 0.3 is 0 Å². The minimum atomic E-state index is -0.989. The van der Waals surface area contributed by atoms with Gasteiger partial charge in [-0.2, -0.15) is 0 Å². The quantitative estimate of drug-likeness (QED) is 0.487. The number of aromatic nitrogens is 1. The van der Waals surface area contributed by atoms with Crippen molar-refractivity contribution in [2.75, 3.05) is 11.9 Å². The van der Waals surface area contributed by atoms with Crippen LogP contribution in [0.5, 0.6) is 5.75 Å². The van der Waals surface area contributed by atoms with Gasteiger partial charge in [-0.25, -0.2) is 13.8 Å². The fourth-order valence-electron chi connectivity index (χ4n) is 2.37. The summed E-state index contributed by atoms with van der Waals surface area (Å²) in [7, 11) is 0. The van der Waals surface area contributed by atoms with Crippen LogP contribution in [0, 0.1) is 28.7 Å². The summed E-state index contributed by atoms with van der Waals surface area (Å²) >= 11 is 1.11. The van der Waals surface area contributed by atoms with Gasteiger partial charge in [0, 0.05) is 17.0 Å². The molecular weight excluding hydrogens is 392 g/mol. The molecule has 0 aliphatic heterocycles. The van der Waals surface area contributed by atoms with Crippen LogP contribution in [0.25, 0.3) is 11.3 Å². The number of anilines is 1. The molecule has 0 radical (unpaired) electrons. The molecule has 7 nitrogen and oxygen atoms in total. The highest BCUT2D eigenvalue weighted by Gasteiger charge is 2.16. The fourth-order valence-corrected chi connectivity index (χ4v) is 3.11.